The SMILES string of the molecule is NNC(Cc1cc(F)ccc1F)c1cc(Br)cs1. The summed E-state index contributed by atoms with van der Waals surface area (Å²) in [4.78, 5) is 0.966. The summed E-state index contributed by atoms with van der Waals surface area (Å²) in [5.41, 5.74) is 2.94. The van der Waals surface area contributed by atoms with Gasteiger partial charge in [0.1, 0.15) is 11.6 Å². The van der Waals surface area contributed by atoms with Crippen molar-refractivity contribution in [2.75, 3.05) is 0 Å². The molecule has 1 atom stereocenters. The van der Waals surface area contributed by atoms with Crippen LogP contribution in [0, 0.1) is 11.6 Å². The fourth-order valence-electron chi connectivity index (χ4n) is 1.67. The third-order valence-electron chi connectivity index (χ3n) is 2.56. The van der Waals surface area contributed by atoms with E-state index in [4.69, 9.17) is 5.84 Å². The Morgan fingerprint density at radius 1 is 1.33 bits per heavy atom. The molecule has 6 heteroatoms. The molecule has 0 spiro atoms. The first-order chi connectivity index (χ1) is 8.60. The van der Waals surface area contributed by atoms with E-state index in [1.165, 1.54) is 17.4 Å². The van der Waals surface area contributed by atoms with Crippen molar-refractivity contribution < 1.29 is 8.78 Å². The van der Waals surface area contributed by atoms with E-state index in [1.54, 1.807) is 0 Å². The second-order valence-electron chi connectivity index (χ2n) is 3.83. The third-order valence-corrected chi connectivity index (χ3v) is 4.37. The van der Waals surface area contributed by atoms with E-state index in [0.717, 1.165) is 21.5 Å². The molecule has 1 unspecified atom stereocenters. The number of hydrogen-bond donors (Lipinski definition) is 2. The molecule has 2 rings (SSSR count). The van der Waals surface area contributed by atoms with Crippen molar-refractivity contribution in [3.8, 4) is 0 Å². The fourth-order valence-corrected chi connectivity index (χ4v) is 3.18. The van der Waals surface area contributed by atoms with Crippen molar-refractivity contribution in [3.63, 3.8) is 0 Å². The van der Waals surface area contributed by atoms with Gasteiger partial charge in [-0.15, -0.1) is 11.3 Å². The highest BCUT2D eigenvalue weighted by atomic mass is 79.9. The molecule has 1 aromatic carbocycles. The summed E-state index contributed by atoms with van der Waals surface area (Å²) in [7, 11) is 0. The number of halogens is 3. The van der Waals surface area contributed by atoms with Crippen LogP contribution in [-0.4, -0.2) is 0 Å². The fraction of sp³-hybridized carbons (Fsp3) is 0.167. The minimum atomic E-state index is -0.450. The van der Waals surface area contributed by atoms with Gasteiger partial charge in [0.2, 0.25) is 0 Å². The maximum atomic E-state index is 13.5. The predicted molar refractivity (Wildman–Crippen MR) is 72.1 cm³/mol. The highest BCUT2D eigenvalue weighted by Crippen LogP contribution is 2.28. The lowest BCUT2D eigenvalue weighted by atomic mass is 10.0. The van der Waals surface area contributed by atoms with E-state index in [0.29, 0.717) is 12.0 Å². The molecule has 0 aliphatic heterocycles. The van der Waals surface area contributed by atoms with E-state index in [1.807, 2.05) is 11.4 Å². The van der Waals surface area contributed by atoms with Crippen LogP contribution in [0.1, 0.15) is 16.5 Å². The van der Waals surface area contributed by atoms with Crippen LogP contribution >= 0.6 is 27.3 Å². The number of nitrogens with one attached hydrogen (secondary N) is 1. The Balaban J connectivity index is 2.22. The molecule has 2 aromatic rings. The van der Waals surface area contributed by atoms with Crippen molar-refractivity contribution >= 4 is 27.3 Å². The standard InChI is InChI=1S/C12H11BrF2N2S/c13-8-5-12(18-6-8)11(17-16)4-7-3-9(14)1-2-10(7)15/h1-3,5-6,11,17H,4,16H2. The first kappa shape index (κ1) is 13.6. The van der Waals surface area contributed by atoms with Gasteiger partial charge in [-0.25, -0.2) is 8.78 Å². The summed E-state index contributed by atoms with van der Waals surface area (Å²) in [6.45, 7) is 0. The van der Waals surface area contributed by atoms with Crippen molar-refractivity contribution in [3.05, 3.63) is 56.2 Å². The zero-order valence-corrected chi connectivity index (χ0v) is 11.7. The highest BCUT2D eigenvalue weighted by Gasteiger charge is 2.15. The minimum absolute atomic E-state index is 0.238. The summed E-state index contributed by atoms with van der Waals surface area (Å²) < 4.78 is 27.6. The van der Waals surface area contributed by atoms with Crippen LogP contribution in [0.15, 0.2) is 34.1 Å². The normalized spacial score (nSPS) is 12.7. The Morgan fingerprint density at radius 3 is 2.72 bits per heavy atom. The van der Waals surface area contributed by atoms with Gasteiger partial charge in [-0.2, -0.15) is 0 Å². The molecule has 0 aliphatic carbocycles. The van der Waals surface area contributed by atoms with Crippen molar-refractivity contribution in [2.24, 2.45) is 5.84 Å². The van der Waals surface area contributed by atoms with Gasteiger partial charge in [-0.1, -0.05) is 0 Å². The summed E-state index contributed by atoms with van der Waals surface area (Å²) in [5, 5.41) is 1.92. The summed E-state index contributed by atoms with van der Waals surface area (Å²) >= 11 is 4.85. The van der Waals surface area contributed by atoms with Gasteiger partial charge in [0.15, 0.2) is 0 Å². The minimum Gasteiger partial charge on any atom is -0.271 e. The Morgan fingerprint density at radius 2 is 2.11 bits per heavy atom. The first-order valence-electron chi connectivity index (χ1n) is 5.24. The second-order valence-corrected chi connectivity index (χ2v) is 5.68. The molecular formula is C12H11BrF2N2S. The molecule has 0 fully saturated rings. The Labute approximate surface area is 116 Å². The van der Waals surface area contributed by atoms with Crippen LogP contribution in [0.25, 0.3) is 0 Å². The van der Waals surface area contributed by atoms with Crippen LogP contribution in [0.4, 0.5) is 8.78 Å². The summed E-state index contributed by atoms with van der Waals surface area (Å²) in [6.07, 6.45) is 0.299. The quantitative estimate of drug-likeness (QED) is 0.663. The number of nitrogens with two attached hydrogens (primary N) is 1. The van der Waals surface area contributed by atoms with Gasteiger partial charge in [-0.05, 0) is 52.2 Å². The molecule has 96 valence electrons. The Kier molecular flexibility index (Phi) is 4.45. The van der Waals surface area contributed by atoms with Gasteiger partial charge in [0.05, 0.1) is 6.04 Å². The molecular weight excluding hydrogens is 322 g/mol. The molecule has 18 heavy (non-hydrogen) atoms. The van der Waals surface area contributed by atoms with E-state index in [2.05, 4.69) is 21.4 Å². The van der Waals surface area contributed by atoms with E-state index < -0.39 is 11.6 Å². The van der Waals surface area contributed by atoms with Crippen molar-refractivity contribution in [1.82, 2.24) is 5.43 Å². The predicted octanol–water partition coefficient (Wildman–Crippen LogP) is 3.54. The van der Waals surface area contributed by atoms with Gasteiger partial charge < -0.3 is 0 Å². The molecule has 0 amide bonds. The number of benzene rings is 1. The van der Waals surface area contributed by atoms with E-state index in [-0.39, 0.29) is 6.04 Å². The number of rotatable bonds is 4. The molecule has 1 aromatic heterocycles. The topological polar surface area (TPSA) is 38.0 Å². The lowest BCUT2D eigenvalue weighted by Gasteiger charge is -2.14. The highest BCUT2D eigenvalue weighted by molar-refractivity contribution is 9.10. The third kappa shape index (κ3) is 3.14. The van der Waals surface area contributed by atoms with Gasteiger partial charge >= 0.3 is 0 Å². The number of hydrogen-bond acceptors (Lipinski definition) is 3. The van der Waals surface area contributed by atoms with Gasteiger partial charge in [-0.3, -0.25) is 11.3 Å². The molecule has 0 bridgehead atoms. The molecule has 0 saturated heterocycles. The number of thiophene rings is 1. The maximum Gasteiger partial charge on any atom is 0.126 e. The van der Waals surface area contributed by atoms with E-state index in [9.17, 15) is 8.78 Å². The van der Waals surface area contributed by atoms with Gasteiger partial charge in [0, 0.05) is 14.7 Å². The van der Waals surface area contributed by atoms with Crippen LogP contribution < -0.4 is 11.3 Å². The van der Waals surface area contributed by atoms with Crippen molar-refractivity contribution in [1.29, 1.82) is 0 Å². The average Bonchev–Trinajstić information content (AvgIpc) is 2.77. The lowest BCUT2D eigenvalue weighted by Crippen LogP contribution is -2.29. The largest absolute Gasteiger partial charge is 0.271 e. The first-order valence-corrected chi connectivity index (χ1v) is 6.91. The van der Waals surface area contributed by atoms with Crippen LogP contribution in [-0.2, 0) is 6.42 Å². The smallest absolute Gasteiger partial charge is 0.126 e. The zero-order chi connectivity index (χ0) is 13.1. The monoisotopic (exact) mass is 332 g/mol. The van der Waals surface area contributed by atoms with E-state index >= 15 is 0 Å². The molecule has 1 heterocycles. The second kappa shape index (κ2) is 5.88. The Bertz CT molecular complexity index is 545. The van der Waals surface area contributed by atoms with Crippen molar-refractivity contribution in [2.45, 2.75) is 12.5 Å². The van der Waals surface area contributed by atoms with Crippen LogP contribution in [0.2, 0.25) is 0 Å². The Hall–Kier alpha value is -0.820. The molecule has 0 aliphatic rings. The zero-order valence-electron chi connectivity index (χ0n) is 9.29. The number of hydrazine groups is 1. The van der Waals surface area contributed by atoms with Crippen LogP contribution in [0.3, 0.4) is 0 Å². The summed E-state index contributed by atoms with van der Waals surface area (Å²) in [6, 6.07) is 5.10. The average molecular weight is 333 g/mol. The molecule has 2 nitrogen and oxygen atoms in total. The molecule has 0 radical (unpaired) electrons. The van der Waals surface area contributed by atoms with Crippen LogP contribution in [0.5, 0.6) is 0 Å². The lowest BCUT2D eigenvalue weighted by molar-refractivity contribution is 0.528. The maximum absolute atomic E-state index is 13.5. The van der Waals surface area contributed by atoms with Gasteiger partial charge in [0.25, 0.3) is 0 Å². The molecule has 3 N–H and O–H groups in total. The molecule has 0 saturated carbocycles. The summed E-state index contributed by atoms with van der Waals surface area (Å²) in [5.74, 6) is 4.60.